The minimum atomic E-state index is -0.975. The maximum Gasteiger partial charge on any atom is 0.408 e. The van der Waals surface area contributed by atoms with Crippen LogP contribution in [0.15, 0.2) is 60.7 Å². The van der Waals surface area contributed by atoms with Crippen molar-refractivity contribution in [3.8, 4) is 0 Å². The molecule has 0 aliphatic carbocycles. The molecule has 1 unspecified atom stereocenters. The van der Waals surface area contributed by atoms with Crippen molar-refractivity contribution < 1.29 is 14.7 Å². The molecule has 1 aliphatic heterocycles. The topological polar surface area (TPSA) is 57.6 Å². The SMILES string of the molecule is O=C1CCN(C(=O)O)C(Cc2ccccc2)(c2ccccc2)C1. The summed E-state index contributed by atoms with van der Waals surface area (Å²) in [6.07, 6.45) is 0.0290. The Morgan fingerprint density at radius 1 is 1.04 bits per heavy atom. The highest BCUT2D eigenvalue weighted by molar-refractivity contribution is 5.83. The Bertz CT molecular complexity index is 699. The molecule has 1 heterocycles. The maximum atomic E-state index is 12.2. The molecule has 0 radical (unpaired) electrons. The first-order valence-corrected chi connectivity index (χ1v) is 7.73. The second kappa shape index (κ2) is 6.24. The fraction of sp³-hybridized carbons (Fsp3) is 0.263. The zero-order valence-corrected chi connectivity index (χ0v) is 12.8. The third kappa shape index (κ3) is 2.97. The number of carbonyl (C=O) groups is 2. The van der Waals surface area contributed by atoms with Crippen LogP contribution in [0.3, 0.4) is 0 Å². The summed E-state index contributed by atoms with van der Waals surface area (Å²) in [7, 11) is 0. The Morgan fingerprint density at radius 3 is 2.26 bits per heavy atom. The van der Waals surface area contributed by atoms with Crippen molar-refractivity contribution in [2.24, 2.45) is 0 Å². The van der Waals surface area contributed by atoms with Crippen LogP contribution in [-0.4, -0.2) is 28.4 Å². The summed E-state index contributed by atoms with van der Waals surface area (Å²) in [5, 5.41) is 9.71. The molecule has 3 rings (SSSR count). The summed E-state index contributed by atoms with van der Waals surface area (Å²) in [6, 6.07) is 19.3. The molecule has 1 saturated heterocycles. The van der Waals surface area contributed by atoms with E-state index in [1.807, 2.05) is 60.7 Å². The molecule has 2 aromatic rings. The quantitative estimate of drug-likeness (QED) is 0.944. The average Bonchev–Trinajstić information content (AvgIpc) is 2.56. The molecule has 0 aromatic heterocycles. The number of amides is 1. The molecule has 0 saturated carbocycles. The van der Waals surface area contributed by atoms with Crippen molar-refractivity contribution in [1.29, 1.82) is 0 Å². The fourth-order valence-electron chi connectivity index (χ4n) is 3.44. The summed E-state index contributed by atoms with van der Waals surface area (Å²) >= 11 is 0. The van der Waals surface area contributed by atoms with Crippen LogP contribution in [0.4, 0.5) is 4.79 Å². The number of carboxylic acid groups (broad SMARTS) is 1. The van der Waals surface area contributed by atoms with Crippen LogP contribution in [0, 0.1) is 0 Å². The number of piperidine rings is 1. The number of likely N-dealkylation sites (tertiary alicyclic amines) is 1. The summed E-state index contributed by atoms with van der Waals surface area (Å²) in [5.41, 5.74) is 1.07. The van der Waals surface area contributed by atoms with E-state index in [2.05, 4.69) is 0 Å². The van der Waals surface area contributed by atoms with E-state index < -0.39 is 11.6 Å². The van der Waals surface area contributed by atoms with Gasteiger partial charge in [-0.15, -0.1) is 0 Å². The molecule has 0 spiro atoms. The largest absolute Gasteiger partial charge is 0.465 e. The van der Waals surface area contributed by atoms with E-state index in [1.54, 1.807) is 0 Å². The smallest absolute Gasteiger partial charge is 0.408 e. The predicted octanol–water partition coefficient (Wildman–Crippen LogP) is 3.47. The van der Waals surface area contributed by atoms with Gasteiger partial charge in [0.1, 0.15) is 5.78 Å². The summed E-state index contributed by atoms with van der Waals surface area (Å²) in [5.74, 6) is 0.113. The van der Waals surface area contributed by atoms with E-state index in [-0.39, 0.29) is 25.2 Å². The number of benzene rings is 2. The number of nitrogens with zero attached hydrogens (tertiary/aromatic N) is 1. The molecule has 4 nitrogen and oxygen atoms in total. The standard InChI is InChI=1S/C19H19NO3/c21-17-11-12-20(18(22)23)19(14-17,16-9-5-2-6-10-16)13-15-7-3-1-4-8-15/h1-10H,11-14H2,(H,22,23). The Labute approximate surface area is 135 Å². The molecule has 2 aromatic carbocycles. The van der Waals surface area contributed by atoms with Crippen LogP contribution in [0.25, 0.3) is 0 Å². The van der Waals surface area contributed by atoms with Crippen LogP contribution in [-0.2, 0) is 16.8 Å². The Hall–Kier alpha value is -2.62. The minimum absolute atomic E-state index is 0.113. The van der Waals surface area contributed by atoms with Gasteiger partial charge >= 0.3 is 6.09 Å². The number of ketones is 1. The van der Waals surface area contributed by atoms with Crippen molar-refractivity contribution in [3.63, 3.8) is 0 Å². The van der Waals surface area contributed by atoms with E-state index in [0.29, 0.717) is 6.42 Å². The van der Waals surface area contributed by atoms with Gasteiger partial charge in [0.2, 0.25) is 0 Å². The van der Waals surface area contributed by atoms with Crippen LogP contribution in [0.1, 0.15) is 24.0 Å². The molecular weight excluding hydrogens is 290 g/mol. The molecule has 118 valence electrons. The first kappa shape index (κ1) is 15.3. The molecule has 1 amide bonds. The summed E-state index contributed by atoms with van der Waals surface area (Å²) in [6.45, 7) is 0.246. The summed E-state index contributed by atoms with van der Waals surface area (Å²) in [4.78, 5) is 25.5. The minimum Gasteiger partial charge on any atom is -0.465 e. The maximum absolute atomic E-state index is 12.2. The van der Waals surface area contributed by atoms with E-state index in [4.69, 9.17) is 0 Å². The predicted molar refractivity (Wildman–Crippen MR) is 87.2 cm³/mol. The highest BCUT2D eigenvalue weighted by Gasteiger charge is 2.45. The summed E-state index contributed by atoms with van der Waals surface area (Å²) < 4.78 is 0. The lowest BCUT2D eigenvalue weighted by molar-refractivity contribution is -0.125. The van der Waals surface area contributed by atoms with Gasteiger partial charge in [0.25, 0.3) is 0 Å². The lowest BCUT2D eigenvalue weighted by atomic mass is 9.75. The number of rotatable bonds is 3. The lowest BCUT2D eigenvalue weighted by Crippen LogP contribution is -2.55. The van der Waals surface area contributed by atoms with Gasteiger partial charge < -0.3 is 5.11 Å². The van der Waals surface area contributed by atoms with E-state index >= 15 is 0 Å². The van der Waals surface area contributed by atoms with Gasteiger partial charge in [-0.1, -0.05) is 60.7 Å². The fourth-order valence-corrected chi connectivity index (χ4v) is 3.44. The Balaban J connectivity index is 2.11. The van der Waals surface area contributed by atoms with Crippen LogP contribution in [0.5, 0.6) is 0 Å². The second-order valence-electron chi connectivity index (χ2n) is 5.96. The van der Waals surface area contributed by atoms with Gasteiger partial charge in [-0.25, -0.2) is 4.79 Å². The normalized spacial score (nSPS) is 21.2. The van der Waals surface area contributed by atoms with Crippen LogP contribution < -0.4 is 0 Å². The van der Waals surface area contributed by atoms with Gasteiger partial charge in [-0.2, -0.15) is 0 Å². The van der Waals surface area contributed by atoms with Gasteiger partial charge in [-0.05, 0) is 11.1 Å². The van der Waals surface area contributed by atoms with Gasteiger partial charge in [0.15, 0.2) is 0 Å². The molecule has 1 atom stereocenters. The van der Waals surface area contributed by atoms with Crippen LogP contribution in [0.2, 0.25) is 0 Å². The number of carbonyl (C=O) groups excluding carboxylic acids is 1. The van der Waals surface area contributed by atoms with Crippen molar-refractivity contribution in [3.05, 3.63) is 71.8 Å². The average molecular weight is 309 g/mol. The first-order chi connectivity index (χ1) is 11.1. The van der Waals surface area contributed by atoms with Crippen molar-refractivity contribution in [1.82, 2.24) is 4.90 Å². The lowest BCUT2D eigenvalue weighted by Gasteiger charge is -2.45. The first-order valence-electron chi connectivity index (χ1n) is 7.73. The number of hydrogen-bond acceptors (Lipinski definition) is 2. The third-order valence-corrected chi connectivity index (χ3v) is 4.50. The van der Waals surface area contributed by atoms with Crippen molar-refractivity contribution in [2.75, 3.05) is 6.54 Å². The highest BCUT2D eigenvalue weighted by atomic mass is 16.4. The van der Waals surface area contributed by atoms with Gasteiger partial charge in [-0.3, -0.25) is 9.69 Å². The van der Waals surface area contributed by atoms with Gasteiger partial charge in [0, 0.05) is 25.8 Å². The molecule has 0 bridgehead atoms. The molecule has 23 heavy (non-hydrogen) atoms. The second-order valence-corrected chi connectivity index (χ2v) is 5.96. The van der Waals surface area contributed by atoms with Gasteiger partial charge in [0.05, 0.1) is 5.54 Å². The van der Waals surface area contributed by atoms with E-state index in [0.717, 1.165) is 11.1 Å². The highest BCUT2D eigenvalue weighted by Crippen LogP contribution is 2.39. The Kier molecular flexibility index (Phi) is 4.15. The monoisotopic (exact) mass is 309 g/mol. The molecular formula is C19H19NO3. The van der Waals surface area contributed by atoms with Crippen molar-refractivity contribution in [2.45, 2.75) is 24.8 Å². The zero-order chi connectivity index (χ0) is 16.3. The van der Waals surface area contributed by atoms with Crippen LogP contribution >= 0.6 is 0 Å². The molecule has 1 aliphatic rings. The molecule has 1 fully saturated rings. The van der Waals surface area contributed by atoms with E-state index in [9.17, 15) is 14.7 Å². The zero-order valence-electron chi connectivity index (χ0n) is 12.8. The third-order valence-electron chi connectivity index (χ3n) is 4.50. The molecule has 1 N–H and O–H groups in total. The van der Waals surface area contributed by atoms with Crippen molar-refractivity contribution >= 4 is 11.9 Å². The molecule has 4 heteroatoms. The number of hydrogen-bond donors (Lipinski definition) is 1. The number of Topliss-reactive ketones (excluding diaryl/α,β-unsaturated/α-hetero) is 1. The Morgan fingerprint density at radius 2 is 1.65 bits per heavy atom. The van der Waals surface area contributed by atoms with E-state index in [1.165, 1.54) is 4.90 Å².